The van der Waals surface area contributed by atoms with Crippen LogP contribution in [0.2, 0.25) is 5.02 Å². The summed E-state index contributed by atoms with van der Waals surface area (Å²) in [5.74, 6) is 1.11. The zero-order valence-electron chi connectivity index (χ0n) is 17.8. The lowest BCUT2D eigenvalue weighted by molar-refractivity contribution is -0.137. The highest BCUT2D eigenvalue weighted by molar-refractivity contribution is 6.32. The molecule has 4 rings (SSSR count). The van der Waals surface area contributed by atoms with Crippen LogP contribution in [0.1, 0.15) is 37.5 Å². The van der Waals surface area contributed by atoms with Gasteiger partial charge in [-0.15, -0.1) is 0 Å². The van der Waals surface area contributed by atoms with Gasteiger partial charge in [-0.3, -0.25) is 0 Å². The molecule has 0 saturated heterocycles. The standard InChI is InChI=1S/C25H22ClF3N2O/c1-24(2,3)18-9-11-20-21(13-18)31-23(30-20)16-6-10-19(26)22(12-16)32-14-15-4-7-17(8-5-15)25(27,28)29/h4-13H,14H2,1-3H3,(H,30,31). The average Bonchev–Trinajstić information content (AvgIpc) is 3.15. The summed E-state index contributed by atoms with van der Waals surface area (Å²) < 4.78 is 44.0. The van der Waals surface area contributed by atoms with Crippen molar-refractivity contribution in [3.05, 3.63) is 82.4 Å². The number of imidazole rings is 1. The largest absolute Gasteiger partial charge is 0.487 e. The Bertz CT molecular complexity index is 1260. The number of aromatic nitrogens is 2. The van der Waals surface area contributed by atoms with Gasteiger partial charge in [0.25, 0.3) is 0 Å². The molecule has 32 heavy (non-hydrogen) atoms. The number of hydrogen-bond acceptors (Lipinski definition) is 2. The average molecular weight is 459 g/mol. The fraction of sp³-hybridized carbons (Fsp3) is 0.240. The molecule has 0 radical (unpaired) electrons. The lowest BCUT2D eigenvalue weighted by Crippen LogP contribution is -2.10. The number of benzene rings is 3. The number of aromatic amines is 1. The molecular weight excluding hydrogens is 437 g/mol. The van der Waals surface area contributed by atoms with Crippen molar-refractivity contribution in [2.24, 2.45) is 0 Å². The molecule has 166 valence electrons. The molecule has 4 aromatic rings. The Morgan fingerprint density at radius 3 is 2.25 bits per heavy atom. The van der Waals surface area contributed by atoms with Crippen molar-refractivity contribution in [3.8, 4) is 17.1 Å². The molecule has 0 fully saturated rings. The maximum Gasteiger partial charge on any atom is 0.416 e. The Morgan fingerprint density at radius 2 is 1.59 bits per heavy atom. The number of ether oxygens (including phenoxy) is 1. The van der Waals surface area contributed by atoms with E-state index in [-0.39, 0.29) is 12.0 Å². The van der Waals surface area contributed by atoms with Crippen LogP contribution in [0.15, 0.2) is 60.7 Å². The highest BCUT2D eigenvalue weighted by Crippen LogP contribution is 2.33. The molecular formula is C25H22ClF3N2O. The molecule has 0 saturated carbocycles. The smallest absolute Gasteiger partial charge is 0.416 e. The van der Waals surface area contributed by atoms with Crippen molar-refractivity contribution in [1.29, 1.82) is 0 Å². The van der Waals surface area contributed by atoms with Gasteiger partial charge in [0.2, 0.25) is 0 Å². The first-order chi connectivity index (χ1) is 15.0. The molecule has 0 spiro atoms. The predicted molar refractivity (Wildman–Crippen MR) is 121 cm³/mol. The molecule has 3 aromatic carbocycles. The number of halogens is 4. The first kappa shape index (κ1) is 22.2. The molecule has 0 bridgehead atoms. The third-order valence-electron chi connectivity index (χ3n) is 5.23. The monoisotopic (exact) mass is 458 g/mol. The van der Waals surface area contributed by atoms with Gasteiger partial charge in [-0.2, -0.15) is 13.2 Å². The van der Waals surface area contributed by atoms with Crippen molar-refractivity contribution in [2.45, 2.75) is 39.0 Å². The van der Waals surface area contributed by atoms with E-state index in [1.165, 1.54) is 17.7 Å². The van der Waals surface area contributed by atoms with Gasteiger partial charge in [0.1, 0.15) is 18.2 Å². The lowest BCUT2D eigenvalue weighted by Gasteiger charge is -2.18. The molecule has 3 nitrogen and oxygen atoms in total. The SMILES string of the molecule is CC(C)(C)c1ccc2nc(-c3ccc(Cl)c(OCc4ccc(C(F)(F)F)cc4)c3)[nH]c2c1. The summed E-state index contributed by atoms with van der Waals surface area (Å²) in [4.78, 5) is 8.02. The first-order valence-corrected chi connectivity index (χ1v) is 10.5. The summed E-state index contributed by atoms with van der Waals surface area (Å²) in [5.41, 5.74) is 3.74. The minimum absolute atomic E-state index is 0.0268. The predicted octanol–water partition coefficient (Wildman–Crippen LogP) is 7.78. The Labute approximate surface area is 189 Å². The van der Waals surface area contributed by atoms with E-state index in [1.54, 1.807) is 12.1 Å². The molecule has 0 aliphatic heterocycles. The summed E-state index contributed by atoms with van der Waals surface area (Å²) >= 11 is 6.28. The van der Waals surface area contributed by atoms with E-state index in [4.69, 9.17) is 16.3 Å². The third kappa shape index (κ3) is 4.75. The summed E-state index contributed by atoms with van der Waals surface area (Å²) in [7, 11) is 0. The van der Waals surface area contributed by atoms with E-state index < -0.39 is 11.7 Å². The van der Waals surface area contributed by atoms with Crippen LogP contribution in [0.3, 0.4) is 0 Å². The second-order valence-electron chi connectivity index (χ2n) is 8.70. The molecule has 0 amide bonds. The van der Waals surface area contributed by atoms with Gasteiger partial charge in [-0.1, -0.05) is 50.6 Å². The minimum Gasteiger partial charge on any atom is -0.487 e. The minimum atomic E-state index is -4.36. The number of nitrogens with one attached hydrogen (secondary N) is 1. The summed E-state index contributed by atoms with van der Waals surface area (Å²) in [5, 5.41) is 0.409. The molecule has 1 N–H and O–H groups in total. The Balaban J connectivity index is 1.56. The van der Waals surface area contributed by atoms with Crippen molar-refractivity contribution in [3.63, 3.8) is 0 Å². The molecule has 0 unspecified atom stereocenters. The van der Waals surface area contributed by atoms with Crippen LogP contribution in [0.4, 0.5) is 13.2 Å². The zero-order valence-corrected chi connectivity index (χ0v) is 18.6. The number of fused-ring (bicyclic) bond motifs is 1. The molecule has 1 aromatic heterocycles. The number of H-pyrrole nitrogens is 1. The van der Waals surface area contributed by atoms with E-state index >= 15 is 0 Å². The van der Waals surface area contributed by atoms with Crippen LogP contribution in [0, 0.1) is 0 Å². The second kappa shape index (κ2) is 8.17. The van der Waals surface area contributed by atoms with Crippen molar-refractivity contribution < 1.29 is 17.9 Å². The summed E-state index contributed by atoms with van der Waals surface area (Å²) in [6, 6.07) is 16.4. The highest BCUT2D eigenvalue weighted by atomic mass is 35.5. The molecule has 0 atom stereocenters. The molecule has 0 aliphatic rings. The van der Waals surface area contributed by atoms with Gasteiger partial charge in [0.15, 0.2) is 0 Å². The van der Waals surface area contributed by atoms with Crippen molar-refractivity contribution in [2.75, 3.05) is 0 Å². The molecule has 7 heteroatoms. The van der Waals surface area contributed by atoms with Gasteiger partial charge in [-0.05, 0) is 59.0 Å². The van der Waals surface area contributed by atoms with Crippen LogP contribution in [0.5, 0.6) is 5.75 Å². The molecule has 1 heterocycles. The van der Waals surface area contributed by atoms with Crippen molar-refractivity contribution >= 4 is 22.6 Å². The lowest BCUT2D eigenvalue weighted by atomic mass is 9.87. The van der Waals surface area contributed by atoms with E-state index in [2.05, 4.69) is 42.9 Å². The second-order valence-corrected chi connectivity index (χ2v) is 9.10. The van der Waals surface area contributed by atoms with Gasteiger partial charge < -0.3 is 9.72 Å². The Morgan fingerprint density at radius 1 is 0.906 bits per heavy atom. The number of rotatable bonds is 4. The Kier molecular flexibility index (Phi) is 5.67. The summed E-state index contributed by atoms with van der Waals surface area (Å²) in [6.07, 6.45) is -4.36. The van der Waals surface area contributed by atoms with Crippen LogP contribution in [-0.2, 0) is 18.2 Å². The van der Waals surface area contributed by atoms with Gasteiger partial charge in [0.05, 0.1) is 21.6 Å². The maximum absolute atomic E-state index is 12.7. The summed E-state index contributed by atoms with van der Waals surface area (Å²) in [6.45, 7) is 6.57. The van der Waals surface area contributed by atoms with E-state index in [0.29, 0.717) is 22.2 Å². The van der Waals surface area contributed by atoms with Gasteiger partial charge in [0, 0.05) is 5.56 Å². The first-order valence-electron chi connectivity index (χ1n) is 10.1. The number of nitrogens with zero attached hydrogens (tertiary/aromatic N) is 1. The van der Waals surface area contributed by atoms with Crippen molar-refractivity contribution in [1.82, 2.24) is 9.97 Å². The van der Waals surface area contributed by atoms with E-state index in [1.807, 2.05) is 12.1 Å². The number of hydrogen-bond donors (Lipinski definition) is 1. The number of alkyl halides is 3. The highest BCUT2D eigenvalue weighted by Gasteiger charge is 2.29. The third-order valence-corrected chi connectivity index (χ3v) is 5.54. The van der Waals surface area contributed by atoms with E-state index in [0.717, 1.165) is 28.7 Å². The van der Waals surface area contributed by atoms with E-state index in [9.17, 15) is 13.2 Å². The van der Waals surface area contributed by atoms with Gasteiger partial charge >= 0.3 is 6.18 Å². The fourth-order valence-corrected chi connectivity index (χ4v) is 3.50. The topological polar surface area (TPSA) is 37.9 Å². The quantitative estimate of drug-likeness (QED) is 0.339. The zero-order chi connectivity index (χ0) is 23.1. The fourth-order valence-electron chi connectivity index (χ4n) is 3.33. The maximum atomic E-state index is 12.7. The normalized spacial score (nSPS) is 12.3. The van der Waals surface area contributed by atoms with Crippen LogP contribution < -0.4 is 4.74 Å². The van der Waals surface area contributed by atoms with Crippen LogP contribution >= 0.6 is 11.6 Å². The Hall–Kier alpha value is -2.99. The van der Waals surface area contributed by atoms with Crippen LogP contribution in [-0.4, -0.2) is 9.97 Å². The van der Waals surface area contributed by atoms with Crippen LogP contribution in [0.25, 0.3) is 22.4 Å². The van der Waals surface area contributed by atoms with Gasteiger partial charge in [-0.25, -0.2) is 4.98 Å². The molecule has 0 aliphatic carbocycles.